The minimum atomic E-state index is -0.0588. The third-order valence-electron chi connectivity index (χ3n) is 1.91. The first kappa shape index (κ1) is 9.98. The van der Waals surface area contributed by atoms with Crippen LogP contribution in [0.15, 0.2) is 4.99 Å². The molecule has 1 aliphatic heterocycles. The van der Waals surface area contributed by atoms with Gasteiger partial charge in [-0.05, 0) is 6.92 Å². The van der Waals surface area contributed by atoms with E-state index in [4.69, 9.17) is 0 Å². The molecule has 0 saturated carbocycles. The fourth-order valence-electron chi connectivity index (χ4n) is 1.16. The lowest BCUT2D eigenvalue weighted by Gasteiger charge is -2.08. The number of rotatable bonds is 3. The van der Waals surface area contributed by atoms with E-state index in [-0.39, 0.29) is 12.5 Å². The molecule has 5 heteroatoms. The van der Waals surface area contributed by atoms with Gasteiger partial charge in [-0.15, -0.1) is 0 Å². The Morgan fingerprint density at radius 1 is 1.85 bits per heavy atom. The summed E-state index contributed by atoms with van der Waals surface area (Å²) in [5.74, 6) is -0.0588. The summed E-state index contributed by atoms with van der Waals surface area (Å²) in [6.07, 6.45) is 1.73. The molecule has 2 N–H and O–H groups in total. The molecule has 5 nitrogen and oxygen atoms in total. The highest BCUT2D eigenvalue weighted by Gasteiger charge is 2.13. The van der Waals surface area contributed by atoms with Crippen LogP contribution in [-0.2, 0) is 4.79 Å². The lowest BCUT2D eigenvalue weighted by atomic mass is 10.4. The Balaban J connectivity index is 2.20. The first-order valence-corrected chi connectivity index (χ1v) is 4.40. The van der Waals surface area contributed by atoms with Gasteiger partial charge in [0.15, 0.2) is 0 Å². The van der Waals surface area contributed by atoms with Crippen molar-refractivity contribution in [2.45, 2.75) is 13.0 Å². The van der Waals surface area contributed by atoms with Gasteiger partial charge in [-0.2, -0.15) is 0 Å². The maximum Gasteiger partial charge on any atom is 0.241 e. The van der Waals surface area contributed by atoms with Gasteiger partial charge in [0, 0.05) is 19.6 Å². The van der Waals surface area contributed by atoms with Crippen LogP contribution in [0.2, 0.25) is 0 Å². The number of nitrogens with one attached hydrogen (secondary N) is 2. The first-order chi connectivity index (χ1) is 6.22. The van der Waals surface area contributed by atoms with Crippen molar-refractivity contribution in [1.82, 2.24) is 15.5 Å². The normalized spacial score (nSPS) is 22.6. The van der Waals surface area contributed by atoms with E-state index in [0.717, 1.165) is 13.2 Å². The quantitative estimate of drug-likeness (QED) is 0.437. The van der Waals surface area contributed by atoms with E-state index in [1.807, 2.05) is 4.90 Å². The lowest BCUT2D eigenvalue weighted by molar-refractivity contribution is -0.119. The minimum Gasteiger partial charge on any atom is -0.358 e. The molecule has 1 saturated heterocycles. The van der Waals surface area contributed by atoms with Crippen molar-refractivity contribution in [1.29, 1.82) is 0 Å². The summed E-state index contributed by atoms with van der Waals surface area (Å²) in [4.78, 5) is 16.8. The van der Waals surface area contributed by atoms with E-state index in [0.29, 0.717) is 6.04 Å². The Morgan fingerprint density at radius 2 is 2.62 bits per heavy atom. The second kappa shape index (κ2) is 4.81. The van der Waals surface area contributed by atoms with Crippen LogP contribution in [0.3, 0.4) is 0 Å². The Morgan fingerprint density at radius 3 is 3.15 bits per heavy atom. The molecule has 74 valence electrons. The molecular formula is C8H16N4O. The van der Waals surface area contributed by atoms with Gasteiger partial charge >= 0.3 is 0 Å². The van der Waals surface area contributed by atoms with Crippen LogP contribution >= 0.6 is 0 Å². The van der Waals surface area contributed by atoms with E-state index >= 15 is 0 Å². The van der Waals surface area contributed by atoms with Crippen molar-refractivity contribution in [3.63, 3.8) is 0 Å². The standard InChI is InChI=1S/C8H16N4O/c1-7-4-12(6-11-7)5-10-3-8(13)9-2/h5,7,11H,3-4,6H2,1-2H3,(H,9,13)/b10-5-. The maximum absolute atomic E-state index is 10.8. The Hall–Kier alpha value is -1.10. The van der Waals surface area contributed by atoms with E-state index < -0.39 is 0 Å². The van der Waals surface area contributed by atoms with Crippen LogP contribution in [-0.4, -0.2) is 50.0 Å². The van der Waals surface area contributed by atoms with Crippen LogP contribution in [0.4, 0.5) is 0 Å². The third kappa shape index (κ3) is 3.42. The fraction of sp³-hybridized carbons (Fsp3) is 0.750. The highest BCUT2D eigenvalue weighted by atomic mass is 16.1. The lowest BCUT2D eigenvalue weighted by Crippen LogP contribution is -2.23. The molecule has 0 spiro atoms. The summed E-state index contributed by atoms with van der Waals surface area (Å²) in [6, 6.07) is 0.506. The molecule has 0 aromatic heterocycles. The number of aliphatic imine (C=N–C) groups is 1. The van der Waals surface area contributed by atoms with E-state index in [1.165, 1.54) is 0 Å². The number of likely N-dealkylation sites (N-methyl/N-ethyl adjacent to an activating group) is 1. The van der Waals surface area contributed by atoms with Gasteiger partial charge in [0.05, 0.1) is 13.0 Å². The number of carbonyl (C=O) groups excluding carboxylic acids is 1. The molecule has 1 fully saturated rings. The van der Waals surface area contributed by atoms with Crippen molar-refractivity contribution in [3.05, 3.63) is 0 Å². The van der Waals surface area contributed by atoms with Crippen molar-refractivity contribution in [3.8, 4) is 0 Å². The van der Waals surface area contributed by atoms with Crippen molar-refractivity contribution in [2.24, 2.45) is 4.99 Å². The molecule has 0 radical (unpaired) electrons. The predicted octanol–water partition coefficient (Wildman–Crippen LogP) is -0.988. The van der Waals surface area contributed by atoms with E-state index in [1.54, 1.807) is 13.4 Å². The molecule has 1 aliphatic rings. The summed E-state index contributed by atoms with van der Waals surface area (Å²) >= 11 is 0. The molecule has 0 aromatic carbocycles. The van der Waals surface area contributed by atoms with Gasteiger partial charge in [-0.25, -0.2) is 0 Å². The monoisotopic (exact) mass is 184 g/mol. The molecule has 0 bridgehead atoms. The molecule has 1 heterocycles. The Kier molecular flexibility index (Phi) is 3.70. The van der Waals surface area contributed by atoms with Gasteiger partial charge in [0.25, 0.3) is 0 Å². The van der Waals surface area contributed by atoms with Gasteiger partial charge in [0.1, 0.15) is 6.54 Å². The first-order valence-electron chi connectivity index (χ1n) is 4.40. The minimum absolute atomic E-state index is 0.0588. The zero-order valence-corrected chi connectivity index (χ0v) is 8.08. The van der Waals surface area contributed by atoms with Crippen LogP contribution in [0.1, 0.15) is 6.92 Å². The molecule has 1 amide bonds. The summed E-state index contributed by atoms with van der Waals surface area (Å²) in [5, 5.41) is 5.77. The van der Waals surface area contributed by atoms with Gasteiger partial charge in [-0.3, -0.25) is 15.1 Å². The summed E-state index contributed by atoms with van der Waals surface area (Å²) in [6.45, 7) is 4.10. The Bertz CT molecular complexity index is 204. The number of amides is 1. The summed E-state index contributed by atoms with van der Waals surface area (Å²) in [5.41, 5.74) is 0. The summed E-state index contributed by atoms with van der Waals surface area (Å²) < 4.78 is 0. The van der Waals surface area contributed by atoms with Crippen molar-refractivity contribution < 1.29 is 4.79 Å². The molecule has 1 unspecified atom stereocenters. The van der Waals surface area contributed by atoms with Crippen LogP contribution in [0.25, 0.3) is 0 Å². The average Bonchev–Trinajstić information content (AvgIpc) is 2.51. The predicted molar refractivity (Wildman–Crippen MR) is 51.6 cm³/mol. The van der Waals surface area contributed by atoms with Crippen molar-refractivity contribution >= 4 is 12.2 Å². The third-order valence-corrected chi connectivity index (χ3v) is 1.91. The Labute approximate surface area is 78.2 Å². The number of carbonyl (C=O) groups is 1. The highest BCUT2D eigenvalue weighted by molar-refractivity contribution is 5.79. The van der Waals surface area contributed by atoms with Gasteiger partial charge in [-0.1, -0.05) is 0 Å². The van der Waals surface area contributed by atoms with Gasteiger partial charge in [0.2, 0.25) is 5.91 Å². The van der Waals surface area contributed by atoms with E-state index in [2.05, 4.69) is 22.5 Å². The number of hydrogen-bond acceptors (Lipinski definition) is 3. The molecule has 0 aliphatic carbocycles. The number of hydrogen-bond donors (Lipinski definition) is 2. The largest absolute Gasteiger partial charge is 0.358 e. The van der Waals surface area contributed by atoms with E-state index in [9.17, 15) is 4.79 Å². The van der Waals surface area contributed by atoms with Crippen molar-refractivity contribution in [2.75, 3.05) is 26.8 Å². The highest BCUT2D eigenvalue weighted by Crippen LogP contribution is 1.95. The molecular weight excluding hydrogens is 168 g/mol. The molecule has 13 heavy (non-hydrogen) atoms. The summed E-state index contributed by atoms with van der Waals surface area (Å²) in [7, 11) is 1.61. The zero-order chi connectivity index (χ0) is 9.68. The molecule has 1 rings (SSSR count). The molecule has 0 aromatic rings. The maximum atomic E-state index is 10.8. The number of nitrogens with zero attached hydrogens (tertiary/aromatic N) is 2. The van der Waals surface area contributed by atoms with Crippen LogP contribution < -0.4 is 10.6 Å². The average molecular weight is 184 g/mol. The zero-order valence-electron chi connectivity index (χ0n) is 8.08. The van der Waals surface area contributed by atoms with Gasteiger partial charge < -0.3 is 10.2 Å². The fourth-order valence-corrected chi connectivity index (χ4v) is 1.16. The SMILES string of the molecule is CNC(=O)C/N=C\N1CNC(C)C1. The van der Waals surface area contributed by atoms with Crippen LogP contribution in [0.5, 0.6) is 0 Å². The topological polar surface area (TPSA) is 56.7 Å². The van der Waals surface area contributed by atoms with Crippen LogP contribution in [0, 0.1) is 0 Å². The second-order valence-corrected chi connectivity index (χ2v) is 3.16. The second-order valence-electron chi connectivity index (χ2n) is 3.16. The smallest absolute Gasteiger partial charge is 0.241 e. The molecule has 1 atom stereocenters.